The molecule has 2 N–H and O–H groups in total. The molecule has 9 rings (SSSR count). The van der Waals surface area contributed by atoms with Gasteiger partial charge in [-0.1, -0.05) is 263 Å². The molecule has 0 spiro atoms. The minimum atomic E-state index is -2.13. The monoisotopic (exact) mass is 1190 g/mol. The number of fused-ring (bicyclic) bond motifs is 20. The zero-order chi connectivity index (χ0) is 61.7. The Balaban J connectivity index is 1.68. The van der Waals surface area contributed by atoms with Gasteiger partial charge in [-0.25, -0.2) is 29.9 Å². The van der Waals surface area contributed by atoms with E-state index in [9.17, 15) is 0 Å². The molecule has 2 aliphatic rings. The molecule has 8 bridgehead atoms. The van der Waals surface area contributed by atoms with E-state index in [0.29, 0.717) is 0 Å². The highest BCUT2D eigenvalue weighted by Crippen LogP contribution is 2.44. The fourth-order valence-corrected chi connectivity index (χ4v) is 30.5. The van der Waals surface area contributed by atoms with E-state index in [1.807, 2.05) is 0 Å². The van der Waals surface area contributed by atoms with Crippen molar-refractivity contribution < 1.29 is 0 Å². The first-order valence-electron chi connectivity index (χ1n) is 33.0. The zero-order valence-electron chi connectivity index (χ0n) is 56.8. The molecule has 0 radical (unpaired) electrons. The molecule has 0 aliphatic carbocycles. The lowest BCUT2D eigenvalue weighted by atomic mass is 9.85. The summed E-state index contributed by atoms with van der Waals surface area (Å²) in [5.41, 5.74) is 12.6. The first-order valence-corrected chi connectivity index (χ1v) is 43.5. The Morgan fingerprint density at radius 3 is 0.786 bits per heavy atom. The van der Waals surface area contributed by atoms with Crippen LogP contribution in [-0.2, 0) is 21.7 Å². The molecule has 0 saturated carbocycles. The van der Waals surface area contributed by atoms with Crippen molar-refractivity contribution >= 4 is 97.2 Å². The van der Waals surface area contributed by atoms with Gasteiger partial charge in [-0.2, -0.15) is 0 Å². The molecule has 0 fully saturated rings. The van der Waals surface area contributed by atoms with Crippen LogP contribution in [0.15, 0.2) is 48.5 Å². The molecule has 2 aliphatic heterocycles. The number of nitrogens with one attached hydrogen (secondary N) is 2. The Kier molecular flexibility index (Phi) is 17.2. The highest BCUT2D eigenvalue weighted by Gasteiger charge is 2.42. The molecule has 84 heavy (non-hydrogen) atoms. The lowest BCUT2D eigenvalue weighted by molar-refractivity contribution is 0.590. The van der Waals surface area contributed by atoms with Gasteiger partial charge < -0.3 is 9.97 Å². The van der Waals surface area contributed by atoms with Crippen LogP contribution in [0.25, 0.3) is 89.7 Å². The number of aromatic amines is 2. The summed E-state index contributed by atoms with van der Waals surface area (Å²) in [4.78, 5) is 43.9. The van der Waals surface area contributed by atoms with E-state index in [4.69, 9.17) is 29.9 Å². The fraction of sp³-hybridized carbons (Fsp3) is 0.556. The summed E-state index contributed by atoms with van der Waals surface area (Å²) in [7, 11) is -8.53. The molecule has 4 aromatic carbocycles. The van der Waals surface area contributed by atoms with Crippen molar-refractivity contribution in [2.45, 2.75) is 260 Å². The van der Waals surface area contributed by atoms with Crippen molar-refractivity contribution in [3.8, 4) is 45.6 Å². The van der Waals surface area contributed by atoms with Crippen LogP contribution in [0.5, 0.6) is 0 Å². The standard InChI is InChI=1S/C72H106N8Si4/c1-25-81(26-2,27-3)53-41-45(69(13,14)15)37-49-57(53)65-73-61(49)78-66-59-51(39-47(71(19,20)21)43-55(59)83(31-7,32-8)33-9)63(75-66)80-68-60-52(40-48(72(22,23)24)44-56(60)84(34-10,35-11)36-12)64(76-68)79-67-58-50(62(74-67)77-65)38-46(70(16,17)18)42-54(58)82(28-4,29-5)30-6/h37-44H,25-36H2,1-24H3,(H2,73,74,75,76,77,78,79,80). The van der Waals surface area contributed by atoms with Gasteiger partial charge in [0.05, 0.1) is 32.3 Å². The van der Waals surface area contributed by atoms with E-state index >= 15 is 0 Å². The second-order valence-electron chi connectivity index (χ2n) is 29.8. The SMILES string of the molecule is CC[Si](CC)(CC)c1cc(C(C)(C)C)cc2c1-c1nc-2nc2[nH]c(nc3nc(nc4[nH]c(n1)c1cc(C(C)(C)C)cc([Si](CC)(CC)CC)c41)-c1cc(C(C)(C)C)cc([Si](CC)(CC)CC)c1-3)c1cc(C(C)(C)C)cc([Si](CC)(CC)CC)c21. The van der Waals surface area contributed by atoms with Crippen LogP contribution >= 0.6 is 0 Å². The number of aromatic nitrogens is 8. The molecule has 12 heteroatoms. The third-order valence-electron chi connectivity index (χ3n) is 22.1. The Bertz CT molecular complexity index is 3560. The average molecular weight is 1200 g/mol. The number of rotatable bonds is 16. The predicted octanol–water partition coefficient (Wildman–Crippen LogP) is 18.9. The van der Waals surface area contributed by atoms with E-state index in [0.717, 1.165) is 151 Å². The number of hydrogen-bond acceptors (Lipinski definition) is 6. The molecule has 0 saturated heterocycles. The van der Waals surface area contributed by atoms with Crippen LogP contribution in [0.1, 0.15) is 188 Å². The maximum Gasteiger partial charge on any atom is 0.164 e. The fourth-order valence-electron chi connectivity index (χ4n) is 15.0. The molecule has 5 heterocycles. The summed E-state index contributed by atoms with van der Waals surface area (Å²) < 4.78 is 0. The first-order chi connectivity index (χ1) is 39.4. The van der Waals surface area contributed by atoms with E-state index in [2.05, 4.69) is 225 Å². The van der Waals surface area contributed by atoms with Crippen molar-refractivity contribution in [3.05, 3.63) is 70.8 Å². The van der Waals surface area contributed by atoms with Gasteiger partial charge in [0, 0.05) is 43.8 Å². The number of benzene rings is 4. The first kappa shape index (κ1) is 63.6. The summed E-state index contributed by atoms with van der Waals surface area (Å²) in [5, 5.41) is 10.5. The van der Waals surface area contributed by atoms with Gasteiger partial charge in [0.2, 0.25) is 0 Å². The highest BCUT2D eigenvalue weighted by atomic mass is 28.3. The average Bonchev–Trinajstić information content (AvgIpc) is 1.94. The van der Waals surface area contributed by atoms with E-state index in [1.54, 1.807) is 0 Å². The topological polar surface area (TPSA) is 109 Å². The Labute approximate surface area is 510 Å². The predicted molar refractivity (Wildman–Crippen MR) is 378 cm³/mol. The normalized spacial score (nSPS) is 13.8. The van der Waals surface area contributed by atoms with E-state index in [-0.39, 0.29) is 21.7 Å². The maximum absolute atomic E-state index is 6.02. The molecule has 0 atom stereocenters. The summed E-state index contributed by atoms with van der Waals surface area (Å²) in [6.07, 6.45) is 0. The third kappa shape index (κ3) is 10.4. The van der Waals surface area contributed by atoms with Crippen molar-refractivity contribution in [1.82, 2.24) is 39.9 Å². The van der Waals surface area contributed by atoms with Crippen molar-refractivity contribution in [3.63, 3.8) is 0 Å². The van der Waals surface area contributed by atoms with Crippen molar-refractivity contribution in [2.75, 3.05) is 0 Å². The van der Waals surface area contributed by atoms with Gasteiger partial charge >= 0.3 is 0 Å². The summed E-state index contributed by atoms with van der Waals surface area (Å²) >= 11 is 0. The second-order valence-corrected chi connectivity index (χ2v) is 50.6. The molecule has 3 aromatic heterocycles. The molecular formula is C72H106N8Si4. The van der Waals surface area contributed by atoms with Gasteiger partial charge in [-0.3, -0.25) is 0 Å². The molecular weight excluding hydrogens is 1090 g/mol. The minimum Gasteiger partial charge on any atom is -0.324 e. The summed E-state index contributed by atoms with van der Waals surface area (Å²) in [5.74, 6) is 2.93. The lowest BCUT2D eigenvalue weighted by Crippen LogP contribution is -2.47. The minimum absolute atomic E-state index is 0.118. The Morgan fingerprint density at radius 1 is 0.286 bits per heavy atom. The molecule has 0 unspecified atom stereocenters. The highest BCUT2D eigenvalue weighted by molar-refractivity contribution is 6.95. The molecule has 0 amide bonds. The van der Waals surface area contributed by atoms with Crippen LogP contribution in [0.4, 0.5) is 0 Å². The summed E-state index contributed by atoms with van der Waals surface area (Å²) in [6, 6.07) is 33.7. The van der Waals surface area contributed by atoms with Crippen LogP contribution in [-0.4, -0.2) is 72.2 Å². The van der Waals surface area contributed by atoms with Gasteiger partial charge in [0.1, 0.15) is 22.6 Å². The summed E-state index contributed by atoms with van der Waals surface area (Å²) in [6.45, 7) is 57.6. The van der Waals surface area contributed by atoms with Gasteiger partial charge in [-0.15, -0.1) is 0 Å². The van der Waals surface area contributed by atoms with Crippen molar-refractivity contribution in [1.29, 1.82) is 0 Å². The number of hydrogen-bond donors (Lipinski definition) is 2. The van der Waals surface area contributed by atoms with Crippen molar-refractivity contribution in [2.24, 2.45) is 0 Å². The van der Waals surface area contributed by atoms with Gasteiger partial charge in [0.25, 0.3) is 0 Å². The van der Waals surface area contributed by atoms with Gasteiger partial charge in [0.15, 0.2) is 23.3 Å². The maximum atomic E-state index is 6.02. The molecule has 450 valence electrons. The Hall–Kier alpha value is -4.89. The lowest BCUT2D eigenvalue weighted by Gasteiger charge is -2.33. The van der Waals surface area contributed by atoms with Crippen LogP contribution < -0.4 is 20.7 Å². The second kappa shape index (κ2) is 22.7. The van der Waals surface area contributed by atoms with Crippen LogP contribution in [0.3, 0.4) is 0 Å². The Morgan fingerprint density at radius 2 is 0.524 bits per heavy atom. The number of H-pyrrole nitrogens is 2. The smallest absolute Gasteiger partial charge is 0.164 e. The van der Waals surface area contributed by atoms with E-state index in [1.165, 1.54) is 53.8 Å². The van der Waals surface area contributed by atoms with Crippen LogP contribution in [0.2, 0.25) is 72.5 Å². The number of nitrogens with zero attached hydrogens (tertiary/aromatic N) is 6. The molecule has 7 aromatic rings. The van der Waals surface area contributed by atoms with Gasteiger partial charge in [-0.05, 0) is 88.9 Å². The van der Waals surface area contributed by atoms with E-state index < -0.39 is 32.3 Å². The zero-order valence-corrected chi connectivity index (χ0v) is 60.8. The molecule has 8 nitrogen and oxygen atoms in total. The largest absolute Gasteiger partial charge is 0.324 e. The third-order valence-corrected chi connectivity index (χ3v) is 44.5. The van der Waals surface area contributed by atoms with Crippen LogP contribution in [0, 0.1) is 0 Å². The quantitative estimate of drug-likeness (QED) is 0.0933.